The van der Waals surface area contributed by atoms with Gasteiger partial charge < -0.3 is 11.1 Å². The number of rotatable bonds is 5. The van der Waals surface area contributed by atoms with Gasteiger partial charge in [0, 0.05) is 23.0 Å². The van der Waals surface area contributed by atoms with Crippen molar-refractivity contribution in [3.05, 3.63) is 88.7 Å². The molecule has 4 rings (SSSR count). The molecule has 0 bridgehead atoms. The fourth-order valence-corrected chi connectivity index (χ4v) is 3.71. The molecule has 2 amide bonds. The van der Waals surface area contributed by atoms with E-state index in [9.17, 15) is 14.0 Å². The SMILES string of the molecule is Cc1c(F)cc(C(N)=O)cc1NC(=O)c1cn(-c2ccccc2)nc1-c1cccs1. The number of hydrogen-bond acceptors (Lipinski definition) is 4. The first-order valence-corrected chi connectivity index (χ1v) is 9.92. The molecular weight excluding hydrogens is 403 g/mol. The van der Waals surface area contributed by atoms with Gasteiger partial charge in [0.15, 0.2) is 0 Å². The minimum absolute atomic E-state index is 0.0214. The smallest absolute Gasteiger partial charge is 0.259 e. The van der Waals surface area contributed by atoms with Crippen LogP contribution in [-0.4, -0.2) is 21.6 Å². The van der Waals surface area contributed by atoms with Crippen LogP contribution in [0.4, 0.5) is 10.1 Å². The predicted octanol–water partition coefficient (Wildman–Crippen LogP) is 4.40. The number of anilines is 1. The van der Waals surface area contributed by atoms with E-state index in [-0.39, 0.29) is 16.8 Å². The van der Waals surface area contributed by atoms with E-state index >= 15 is 0 Å². The number of aromatic nitrogens is 2. The fourth-order valence-electron chi connectivity index (χ4n) is 2.99. The van der Waals surface area contributed by atoms with Crippen molar-refractivity contribution in [1.29, 1.82) is 0 Å². The van der Waals surface area contributed by atoms with Crippen LogP contribution in [0, 0.1) is 12.7 Å². The van der Waals surface area contributed by atoms with Gasteiger partial charge in [0.2, 0.25) is 5.91 Å². The quantitative estimate of drug-likeness (QED) is 0.501. The van der Waals surface area contributed by atoms with Gasteiger partial charge in [-0.05, 0) is 42.6 Å². The van der Waals surface area contributed by atoms with Gasteiger partial charge >= 0.3 is 0 Å². The maximum absolute atomic E-state index is 14.2. The summed E-state index contributed by atoms with van der Waals surface area (Å²) in [5.74, 6) is -1.87. The number of carbonyl (C=O) groups excluding carboxylic acids is 2. The molecule has 0 aliphatic carbocycles. The van der Waals surface area contributed by atoms with E-state index in [1.54, 1.807) is 10.9 Å². The molecule has 0 aliphatic heterocycles. The topological polar surface area (TPSA) is 90.0 Å². The second kappa shape index (κ2) is 7.92. The Morgan fingerprint density at radius 3 is 2.57 bits per heavy atom. The molecule has 0 spiro atoms. The van der Waals surface area contributed by atoms with Crippen molar-refractivity contribution in [2.45, 2.75) is 6.92 Å². The summed E-state index contributed by atoms with van der Waals surface area (Å²) < 4.78 is 15.8. The van der Waals surface area contributed by atoms with Gasteiger partial charge in [-0.25, -0.2) is 9.07 Å². The zero-order valence-electron chi connectivity index (χ0n) is 15.9. The van der Waals surface area contributed by atoms with Crippen LogP contribution in [0.2, 0.25) is 0 Å². The minimum atomic E-state index is -0.777. The first-order chi connectivity index (χ1) is 14.4. The van der Waals surface area contributed by atoms with E-state index in [1.807, 2.05) is 47.8 Å². The Labute approximate surface area is 175 Å². The van der Waals surface area contributed by atoms with Gasteiger partial charge in [-0.15, -0.1) is 11.3 Å². The van der Waals surface area contributed by atoms with E-state index in [1.165, 1.54) is 24.3 Å². The molecule has 150 valence electrons. The van der Waals surface area contributed by atoms with Crippen LogP contribution in [0.3, 0.4) is 0 Å². The summed E-state index contributed by atoms with van der Waals surface area (Å²) in [5.41, 5.74) is 7.27. The number of carbonyl (C=O) groups is 2. The third kappa shape index (κ3) is 3.72. The number of nitrogens with one attached hydrogen (secondary N) is 1. The zero-order valence-corrected chi connectivity index (χ0v) is 16.7. The largest absolute Gasteiger partial charge is 0.366 e. The fraction of sp³-hybridized carbons (Fsp3) is 0.0455. The van der Waals surface area contributed by atoms with Gasteiger partial charge in [-0.3, -0.25) is 9.59 Å². The average molecular weight is 420 g/mol. The molecule has 0 fully saturated rings. The highest BCUT2D eigenvalue weighted by molar-refractivity contribution is 7.13. The van der Waals surface area contributed by atoms with Gasteiger partial charge in [0.25, 0.3) is 5.91 Å². The number of halogens is 1. The molecule has 6 nitrogen and oxygen atoms in total. The van der Waals surface area contributed by atoms with Crippen molar-refractivity contribution >= 4 is 28.8 Å². The molecule has 0 unspecified atom stereocenters. The highest BCUT2D eigenvalue weighted by atomic mass is 32.1. The predicted molar refractivity (Wildman–Crippen MR) is 114 cm³/mol. The lowest BCUT2D eigenvalue weighted by Crippen LogP contribution is -2.16. The number of thiophene rings is 1. The summed E-state index contributed by atoms with van der Waals surface area (Å²) in [7, 11) is 0. The van der Waals surface area contributed by atoms with Gasteiger partial charge in [-0.2, -0.15) is 5.10 Å². The van der Waals surface area contributed by atoms with Crippen LogP contribution in [0.25, 0.3) is 16.3 Å². The molecular formula is C22H17FN4O2S. The minimum Gasteiger partial charge on any atom is -0.366 e. The van der Waals surface area contributed by atoms with Gasteiger partial charge in [0.05, 0.1) is 16.1 Å². The van der Waals surface area contributed by atoms with E-state index < -0.39 is 17.6 Å². The van der Waals surface area contributed by atoms with E-state index in [0.29, 0.717) is 11.3 Å². The first-order valence-electron chi connectivity index (χ1n) is 9.04. The Morgan fingerprint density at radius 2 is 1.90 bits per heavy atom. The Bertz CT molecular complexity index is 1230. The van der Waals surface area contributed by atoms with Crippen molar-refractivity contribution in [3.63, 3.8) is 0 Å². The molecule has 3 N–H and O–H groups in total. The van der Waals surface area contributed by atoms with Crippen LogP contribution in [0.5, 0.6) is 0 Å². The highest BCUT2D eigenvalue weighted by Gasteiger charge is 2.21. The van der Waals surface area contributed by atoms with Crippen molar-refractivity contribution in [3.8, 4) is 16.3 Å². The summed E-state index contributed by atoms with van der Waals surface area (Å²) in [6, 6.07) is 15.6. The molecule has 2 aromatic heterocycles. The Balaban J connectivity index is 1.76. The summed E-state index contributed by atoms with van der Waals surface area (Å²) in [6.45, 7) is 1.52. The Morgan fingerprint density at radius 1 is 1.13 bits per heavy atom. The molecule has 0 saturated carbocycles. The van der Waals surface area contributed by atoms with Crippen molar-refractivity contribution < 1.29 is 14.0 Å². The monoisotopic (exact) mass is 420 g/mol. The number of benzene rings is 2. The normalized spacial score (nSPS) is 10.7. The van der Waals surface area contributed by atoms with Gasteiger partial charge in [0.1, 0.15) is 11.5 Å². The number of nitrogens with zero attached hydrogens (tertiary/aromatic N) is 2. The number of nitrogens with two attached hydrogens (primary N) is 1. The number of primary amides is 1. The van der Waals surface area contributed by atoms with E-state index in [0.717, 1.165) is 16.6 Å². The maximum Gasteiger partial charge on any atom is 0.259 e. The Kier molecular flexibility index (Phi) is 5.16. The zero-order chi connectivity index (χ0) is 21.3. The first kappa shape index (κ1) is 19.5. The third-order valence-electron chi connectivity index (χ3n) is 4.61. The summed E-state index contributed by atoms with van der Waals surface area (Å²) in [4.78, 5) is 25.4. The maximum atomic E-state index is 14.2. The Hall–Kier alpha value is -3.78. The standard InChI is InChI=1S/C22H17FN4O2S/c1-13-17(23)10-14(21(24)28)11-18(13)25-22(29)16-12-27(15-6-3-2-4-7-15)26-20(16)19-8-5-9-30-19/h2-12H,1H3,(H2,24,28)(H,25,29). The molecule has 4 aromatic rings. The molecule has 30 heavy (non-hydrogen) atoms. The third-order valence-corrected chi connectivity index (χ3v) is 5.49. The highest BCUT2D eigenvalue weighted by Crippen LogP contribution is 2.29. The summed E-state index contributed by atoms with van der Waals surface area (Å²) in [5, 5.41) is 9.18. The second-order valence-electron chi connectivity index (χ2n) is 6.60. The molecule has 2 aromatic carbocycles. The van der Waals surface area contributed by atoms with Crippen LogP contribution >= 0.6 is 11.3 Å². The van der Waals surface area contributed by atoms with Crippen LogP contribution < -0.4 is 11.1 Å². The molecule has 0 aliphatic rings. The average Bonchev–Trinajstić information content (AvgIpc) is 3.41. The lowest BCUT2D eigenvalue weighted by atomic mass is 10.1. The molecule has 2 heterocycles. The summed E-state index contributed by atoms with van der Waals surface area (Å²) in [6.07, 6.45) is 1.63. The lowest BCUT2D eigenvalue weighted by Gasteiger charge is -2.10. The lowest BCUT2D eigenvalue weighted by molar-refractivity contribution is 0.0995. The van der Waals surface area contributed by atoms with Crippen molar-refractivity contribution in [1.82, 2.24) is 9.78 Å². The second-order valence-corrected chi connectivity index (χ2v) is 7.55. The summed E-state index contributed by atoms with van der Waals surface area (Å²) >= 11 is 1.46. The molecule has 8 heteroatoms. The van der Waals surface area contributed by atoms with Gasteiger partial charge in [-0.1, -0.05) is 24.3 Å². The van der Waals surface area contributed by atoms with Crippen LogP contribution in [-0.2, 0) is 0 Å². The molecule has 0 saturated heterocycles. The van der Waals surface area contributed by atoms with Crippen molar-refractivity contribution in [2.24, 2.45) is 5.73 Å². The van der Waals surface area contributed by atoms with Crippen molar-refractivity contribution in [2.75, 3.05) is 5.32 Å². The van der Waals surface area contributed by atoms with Crippen LogP contribution in [0.15, 0.2) is 66.2 Å². The number of hydrogen-bond donors (Lipinski definition) is 2. The molecule has 0 atom stereocenters. The van der Waals surface area contributed by atoms with Crippen LogP contribution in [0.1, 0.15) is 26.3 Å². The van der Waals surface area contributed by atoms with E-state index in [4.69, 9.17) is 5.73 Å². The number of para-hydroxylation sites is 1. The molecule has 0 radical (unpaired) electrons. The number of amides is 2. The van der Waals surface area contributed by atoms with E-state index in [2.05, 4.69) is 10.4 Å².